The van der Waals surface area contributed by atoms with Crippen molar-refractivity contribution in [3.8, 4) is 0 Å². The monoisotopic (exact) mass is 394 g/mol. The van der Waals surface area contributed by atoms with Gasteiger partial charge in [0.15, 0.2) is 0 Å². The zero-order valence-corrected chi connectivity index (χ0v) is 16.3. The van der Waals surface area contributed by atoms with Gasteiger partial charge in [0.2, 0.25) is 0 Å². The van der Waals surface area contributed by atoms with Crippen LogP contribution in [-0.2, 0) is 9.53 Å². The fourth-order valence-electron chi connectivity index (χ4n) is 3.82. The number of amides is 3. The van der Waals surface area contributed by atoms with E-state index in [9.17, 15) is 14.4 Å². The van der Waals surface area contributed by atoms with Gasteiger partial charge in [-0.3, -0.25) is 9.69 Å². The van der Waals surface area contributed by atoms with Gasteiger partial charge in [-0.05, 0) is 24.3 Å². The second-order valence-corrected chi connectivity index (χ2v) is 6.92. The highest BCUT2D eigenvalue weighted by atomic mass is 16.5. The highest BCUT2D eigenvalue weighted by Gasteiger charge is 2.39. The smallest absolute Gasteiger partial charge is 0.330 e. The zero-order chi connectivity index (χ0) is 20.5. The molecule has 1 atom stereocenters. The first-order valence-electron chi connectivity index (χ1n) is 9.40. The molecule has 2 heterocycles. The lowest BCUT2D eigenvalue weighted by Gasteiger charge is -2.38. The van der Waals surface area contributed by atoms with Crippen LogP contribution in [0.2, 0.25) is 0 Å². The Kier molecular flexibility index (Phi) is 4.94. The van der Waals surface area contributed by atoms with Crippen LogP contribution in [0.3, 0.4) is 0 Å². The van der Waals surface area contributed by atoms with Crippen molar-refractivity contribution in [2.24, 2.45) is 0 Å². The summed E-state index contributed by atoms with van der Waals surface area (Å²) >= 11 is 0. The van der Waals surface area contributed by atoms with Crippen LogP contribution < -0.4 is 15.1 Å². The number of carbonyl (C=O) groups is 3. The standard InChI is InChI=1S/C21H22N4O4/c1-23-16-9-5-6-10-17(16)25(15-8-4-3-7-14(15)19(23)26)21(28)24-12-11-22-13-18(24)20(27)29-2/h3-10,18,22H,11-13H2,1-2H3/t18-/m0/s1. The van der Waals surface area contributed by atoms with Gasteiger partial charge in [0.05, 0.1) is 29.7 Å². The number of para-hydroxylation sites is 3. The normalized spacial score (nSPS) is 18.6. The average molecular weight is 394 g/mol. The Bertz CT molecular complexity index is 977. The number of carbonyl (C=O) groups excluding carboxylic acids is 3. The highest BCUT2D eigenvalue weighted by Crippen LogP contribution is 2.40. The second-order valence-electron chi connectivity index (χ2n) is 6.92. The van der Waals surface area contributed by atoms with Gasteiger partial charge >= 0.3 is 12.0 Å². The van der Waals surface area contributed by atoms with Crippen LogP contribution in [-0.4, -0.2) is 62.6 Å². The molecule has 0 unspecified atom stereocenters. The molecule has 0 saturated carbocycles. The van der Waals surface area contributed by atoms with E-state index in [0.29, 0.717) is 42.3 Å². The van der Waals surface area contributed by atoms with E-state index in [0.717, 1.165) is 0 Å². The molecule has 8 heteroatoms. The van der Waals surface area contributed by atoms with Gasteiger partial charge in [0.1, 0.15) is 6.04 Å². The Morgan fingerprint density at radius 2 is 1.69 bits per heavy atom. The van der Waals surface area contributed by atoms with Crippen LogP contribution >= 0.6 is 0 Å². The summed E-state index contributed by atoms with van der Waals surface area (Å²) in [6.45, 7) is 1.23. The predicted molar refractivity (Wildman–Crippen MR) is 109 cm³/mol. The van der Waals surface area contributed by atoms with Crippen molar-refractivity contribution in [2.45, 2.75) is 6.04 Å². The molecular weight excluding hydrogens is 372 g/mol. The number of urea groups is 1. The van der Waals surface area contributed by atoms with Gasteiger partial charge < -0.3 is 19.9 Å². The van der Waals surface area contributed by atoms with Crippen molar-refractivity contribution in [1.82, 2.24) is 10.2 Å². The number of hydrogen-bond acceptors (Lipinski definition) is 5. The minimum atomic E-state index is -0.739. The third-order valence-corrected chi connectivity index (χ3v) is 5.32. The molecule has 3 amide bonds. The third-order valence-electron chi connectivity index (χ3n) is 5.32. The third kappa shape index (κ3) is 3.11. The lowest BCUT2D eigenvalue weighted by molar-refractivity contribution is -0.146. The molecule has 2 aromatic carbocycles. The highest BCUT2D eigenvalue weighted by molar-refractivity contribution is 6.18. The number of fused-ring (bicyclic) bond motifs is 2. The van der Waals surface area contributed by atoms with Gasteiger partial charge in [-0.15, -0.1) is 0 Å². The van der Waals surface area contributed by atoms with Crippen molar-refractivity contribution in [1.29, 1.82) is 0 Å². The van der Waals surface area contributed by atoms with Gasteiger partial charge in [-0.2, -0.15) is 0 Å². The largest absolute Gasteiger partial charge is 0.467 e. The van der Waals surface area contributed by atoms with E-state index in [4.69, 9.17) is 4.74 Å². The molecule has 0 aromatic heterocycles. The van der Waals surface area contributed by atoms with Gasteiger partial charge in [-0.25, -0.2) is 9.59 Å². The molecule has 2 aliphatic rings. The van der Waals surface area contributed by atoms with Gasteiger partial charge in [-0.1, -0.05) is 24.3 Å². The summed E-state index contributed by atoms with van der Waals surface area (Å²) in [5.74, 6) is -0.677. The van der Waals surface area contributed by atoms with Crippen molar-refractivity contribution < 1.29 is 19.1 Å². The summed E-state index contributed by atoms with van der Waals surface area (Å²) in [5, 5.41) is 3.13. The van der Waals surface area contributed by atoms with E-state index in [2.05, 4.69) is 5.32 Å². The van der Waals surface area contributed by atoms with Crippen LogP contribution in [0, 0.1) is 0 Å². The fourth-order valence-corrected chi connectivity index (χ4v) is 3.82. The first-order chi connectivity index (χ1) is 14.0. The molecule has 1 fully saturated rings. The van der Waals surface area contributed by atoms with Crippen LogP contribution in [0.5, 0.6) is 0 Å². The molecule has 1 N–H and O–H groups in total. The maximum absolute atomic E-state index is 13.8. The van der Waals surface area contributed by atoms with E-state index < -0.39 is 12.0 Å². The number of nitrogens with one attached hydrogen (secondary N) is 1. The molecule has 150 valence electrons. The van der Waals surface area contributed by atoms with Crippen molar-refractivity contribution in [3.63, 3.8) is 0 Å². The number of methoxy groups -OCH3 is 1. The van der Waals surface area contributed by atoms with E-state index in [1.165, 1.54) is 21.8 Å². The molecule has 2 aromatic rings. The summed E-state index contributed by atoms with van der Waals surface area (Å²) in [7, 11) is 3.00. The topological polar surface area (TPSA) is 82.2 Å². The van der Waals surface area contributed by atoms with Gasteiger partial charge in [0.25, 0.3) is 5.91 Å². The maximum Gasteiger partial charge on any atom is 0.330 e. The number of benzene rings is 2. The Morgan fingerprint density at radius 1 is 1.03 bits per heavy atom. The molecule has 4 rings (SSSR count). The number of ether oxygens (including phenoxy) is 1. The van der Waals surface area contributed by atoms with Crippen molar-refractivity contribution in [3.05, 3.63) is 54.1 Å². The summed E-state index contributed by atoms with van der Waals surface area (Å²) in [6, 6.07) is 13.1. The molecule has 0 aliphatic carbocycles. The molecule has 29 heavy (non-hydrogen) atoms. The lowest BCUT2D eigenvalue weighted by atomic mass is 10.1. The number of piperazine rings is 1. The number of esters is 1. The summed E-state index contributed by atoms with van der Waals surface area (Å²) in [6.07, 6.45) is 0. The summed E-state index contributed by atoms with van der Waals surface area (Å²) in [4.78, 5) is 43.7. The molecule has 1 saturated heterocycles. The molecule has 0 spiro atoms. The number of nitrogens with zero attached hydrogens (tertiary/aromatic N) is 3. The Labute approximate surface area is 168 Å². The molecule has 0 bridgehead atoms. The van der Waals surface area contributed by atoms with Gasteiger partial charge in [0, 0.05) is 26.7 Å². The molecular formula is C21H22N4O4. The Balaban J connectivity index is 1.87. The van der Waals surface area contributed by atoms with Crippen LogP contribution in [0.15, 0.2) is 48.5 Å². The van der Waals surface area contributed by atoms with E-state index >= 15 is 0 Å². The first kappa shape index (κ1) is 18.9. The Hall–Kier alpha value is -3.39. The van der Waals surface area contributed by atoms with Crippen molar-refractivity contribution in [2.75, 3.05) is 43.6 Å². The Morgan fingerprint density at radius 3 is 2.41 bits per heavy atom. The zero-order valence-electron chi connectivity index (χ0n) is 16.3. The predicted octanol–water partition coefficient (Wildman–Crippen LogP) is 1.98. The maximum atomic E-state index is 13.8. The van der Waals surface area contributed by atoms with Crippen LogP contribution in [0.1, 0.15) is 10.4 Å². The quantitative estimate of drug-likeness (QED) is 0.748. The van der Waals surface area contributed by atoms with Crippen molar-refractivity contribution >= 4 is 35.0 Å². The molecule has 0 radical (unpaired) electrons. The number of hydrogen-bond donors (Lipinski definition) is 1. The summed E-state index contributed by atoms with van der Waals surface area (Å²) in [5.41, 5.74) is 2.11. The SMILES string of the molecule is COC(=O)[C@@H]1CNCCN1C(=O)N1c2ccccc2C(=O)N(C)c2ccccc21. The minimum absolute atomic E-state index is 0.201. The summed E-state index contributed by atoms with van der Waals surface area (Å²) < 4.78 is 4.90. The van der Waals surface area contributed by atoms with E-state index in [1.807, 2.05) is 12.1 Å². The first-order valence-corrected chi connectivity index (χ1v) is 9.40. The minimum Gasteiger partial charge on any atom is -0.467 e. The number of anilines is 3. The van der Waals surface area contributed by atoms with Crippen LogP contribution in [0.25, 0.3) is 0 Å². The lowest BCUT2D eigenvalue weighted by Crippen LogP contribution is -2.59. The molecule has 2 aliphatic heterocycles. The molecule has 8 nitrogen and oxygen atoms in total. The average Bonchev–Trinajstić information content (AvgIpc) is 2.86. The number of rotatable bonds is 1. The van der Waals surface area contributed by atoms with Crippen LogP contribution in [0.4, 0.5) is 21.9 Å². The second kappa shape index (κ2) is 7.56. The van der Waals surface area contributed by atoms with E-state index in [1.54, 1.807) is 43.4 Å². The fraction of sp³-hybridized carbons (Fsp3) is 0.286. The van der Waals surface area contributed by atoms with E-state index in [-0.39, 0.29) is 11.9 Å².